The van der Waals surface area contributed by atoms with Gasteiger partial charge in [-0.1, -0.05) is 60.7 Å². The Bertz CT molecular complexity index is 2400. The third kappa shape index (κ3) is 8.00. The third-order valence-corrected chi connectivity index (χ3v) is 9.63. The van der Waals surface area contributed by atoms with Crippen molar-refractivity contribution in [3.05, 3.63) is 108 Å². The van der Waals surface area contributed by atoms with E-state index in [1.165, 1.54) is 24.3 Å². The second kappa shape index (κ2) is 15.4. The van der Waals surface area contributed by atoms with Gasteiger partial charge in [-0.15, -0.1) is 10.2 Å². The van der Waals surface area contributed by atoms with Crippen LogP contribution in [0.2, 0.25) is 0 Å². The van der Waals surface area contributed by atoms with E-state index in [4.69, 9.17) is 11.5 Å². The van der Waals surface area contributed by atoms with E-state index in [-0.39, 0.29) is 92.6 Å². The van der Waals surface area contributed by atoms with Gasteiger partial charge in [-0.25, -0.2) is 16.8 Å². The summed E-state index contributed by atoms with van der Waals surface area (Å²) in [6.45, 7) is 3.62. The predicted octanol–water partition coefficient (Wildman–Crippen LogP) is 2.09. The summed E-state index contributed by atoms with van der Waals surface area (Å²) in [7, 11) is -9.80. The number of aryl methyl sites for hydroxylation is 2. The van der Waals surface area contributed by atoms with Gasteiger partial charge in [0.25, 0.3) is 0 Å². The number of nitrogens with two attached hydrogens (primary N) is 2. The molecule has 0 aliphatic heterocycles. The van der Waals surface area contributed by atoms with Gasteiger partial charge in [-0.3, -0.25) is 0 Å². The molecular formula is C34H26N6Na2O6S2. The Kier molecular flexibility index (Phi) is 12.1. The summed E-state index contributed by atoms with van der Waals surface area (Å²) in [6.07, 6.45) is 0. The van der Waals surface area contributed by atoms with Crippen molar-refractivity contribution in [2.75, 3.05) is 11.5 Å². The van der Waals surface area contributed by atoms with Crippen molar-refractivity contribution in [2.24, 2.45) is 20.5 Å². The van der Waals surface area contributed by atoms with E-state index in [1.807, 2.05) is 26.0 Å². The van der Waals surface area contributed by atoms with Gasteiger partial charge in [0.1, 0.15) is 31.6 Å². The van der Waals surface area contributed by atoms with Crippen LogP contribution in [0.3, 0.4) is 0 Å². The molecule has 0 fully saturated rings. The van der Waals surface area contributed by atoms with Gasteiger partial charge in [0.2, 0.25) is 0 Å². The van der Waals surface area contributed by atoms with Crippen LogP contribution >= 0.6 is 0 Å². The van der Waals surface area contributed by atoms with Crippen molar-refractivity contribution in [3.8, 4) is 11.1 Å². The molecule has 0 saturated carbocycles. The van der Waals surface area contributed by atoms with E-state index in [0.717, 1.165) is 22.3 Å². The normalized spacial score (nSPS) is 12.0. The number of rotatable bonds is 7. The van der Waals surface area contributed by atoms with E-state index in [9.17, 15) is 25.9 Å². The van der Waals surface area contributed by atoms with Gasteiger partial charge < -0.3 is 20.6 Å². The number of fused-ring (bicyclic) bond motifs is 2. The molecule has 0 bridgehead atoms. The zero-order valence-corrected chi connectivity index (χ0v) is 33.1. The molecule has 6 aromatic rings. The van der Waals surface area contributed by atoms with E-state index in [1.54, 1.807) is 60.7 Å². The van der Waals surface area contributed by atoms with Crippen molar-refractivity contribution in [1.82, 2.24) is 0 Å². The SMILES string of the molecule is Cc1cc(-c2ccc(N=Nc3cc(N)c4ccccc4c3S(=O)(=O)[O-])c(C)c2)ccc1N=Nc1cc(N)c2ccccc2c1S(=O)(=O)[O-].[Na+].[Na+]. The summed E-state index contributed by atoms with van der Waals surface area (Å²) in [6, 6.07) is 26.2. The number of benzene rings is 6. The average Bonchev–Trinajstić information content (AvgIpc) is 3.02. The second-order valence-electron chi connectivity index (χ2n) is 11.0. The molecular weight excluding hydrogens is 699 g/mol. The van der Waals surface area contributed by atoms with Crippen molar-refractivity contribution in [3.63, 3.8) is 0 Å². The van der Waals surface area contributed by atoms with Gasteiger partial charge in [-0.2, -0.15) is 10.2 Å². The second-order valence-corrected chi connectivity index (χ2v) is 13.7. The molecule has 0 radical (unpaired) electrons. The summed E-state index contributed by atoms with van der Waals surface area (Å²) < 4.78 is 73.1. The minimum atomic E-state index is -4.90. The maximum Gasteiger partial charge on any atom is 1.00 e. The third-order valence-electron chi connectivity index (χ3n) is 7.77. The first kappa shape index (κ1) is 39.2. The number of nitrogens with zero attached hydrogens (tertiary/aromatic N) is 4. The predicted molar refractivity (Wildman–Crippen MR) is 182 cm³/mol. The number of azo groups is 2. The fraction of sp³-hybridized carbons (Fsp3) is 0.0588. The van der Waals surface area contributed by atoms with Crippen LogP contribution in [0.5, 0.6) is 0 Å². The summed E-state index contributed by atoms with van der Waals surface area (Å²) in [5.74, 6) is 0. The zero-order chi connectivity index (χ0) is 34.4. The Morgan fingerprint density at radius 1 is 0.480 bits per heavy atom. The van der Waals surface area contributed by atoms with Crippen molar-refractivity contribution in [2.45, 2.75) is 23.6 Å². The van der Waals surface area contributed by atoms with E-state index >= 15 is 0 Å². The molecule has 0 heterocycles. The molecule has 16 heteroatoms. The van der Waals surface area contributed by atoms with Gasteiger partial charge >= 0.3 is 59.1 Å². The summed E-state index contributed by atoms with van der Waals surface area (Å²) in [4.78, 5) is -0.985. The quantitative estimate of drug-likeness (QED) is 0.107. The maximum absolute atomic E-state index is 12.2. The molecule has 6 rings (SSSR count). The van der Waals surface area contributed by atoms with Gasteiger partial charge in [0.15, 0.2) is 0 Å². The molecule has 0 aromatic heterocycles. The summed E-state index contributed by atoms with van der Waals surface area (Å²) in [5.41, 5.74) is 16.4. The molecule has 50 heavy (non-hydrogen) atoms. The molecule has 242 valence electrons. The fourth-order valence-corrected chi connectivity index (χ4v) is 7.11. The number of nitrogen functional groups attached to an aromatic ring is 2. The van der Waals surface area contributed by atoms with Crippen LogP contribution in [0, 0.1) is 13.8 Å². The number of anilines is 2. The number of hydrogen-bond donors (Lipinski definition) is 2. The smallest absolute Gasteiger partial charge is 0.744 e. The average molecular weight is 725 g/mol. The van der Waals surface area contributed by atoms with Gasteiger partial charge in [0, 0.05) is 32.9 Å². The van der Waals surface area contributed by atoms with Crippen LogP contribution in [0.25, 0.3) is 32.7 Å². The fourth-order valence-electron chi connectivity index (χ4n) is 5.51. The molecule has 0 aliphatic rings. The minimum Gasteiger partial charge on any atom is -0.744 e. The molecule has 0 unspecified atom stereocenters. The van der Waals surface area contributed by atoms with E-state index in [0.29, 0.717) is 22.1 Å². The van der Waals surface area contributed by atoms with Crippen LogP contribution in [-0.2, 0) is 20.2 Å². The standard InChI is InChI=1S/C34H28N6O6S2.2Na/c1-19-15-21(11-13-29(19)37-39-31-17-27(35)23-7-3-5-9-25(23)33(31)47(41,42)43)22-12-14-30(20(2)16-22)38-40-32-18-28(36)24-8-4-6-10-26(24)34(32)48(44,45)46;;/h3-18H,35-36H2,1-2H3,(H,41,42,43)(H,44,45,46);;/q;2*+1/p-2. The van der Waals surface area contributed by atoms with Crippen LogP contribution < -0.4 is 70.6 Å². The zero-order valence-electron chi connectivity index (χ0n) is 27.4. The van der Waals surface area contributed by atoms with Gasteiger partial charge in [0.05, 0.1) is 21.2 Å². The van der Waals surface area contributed by atoms with Crippen LogP contribution in [0.1, 0.15) is 11.1 Å². The molecule has 0 saturated heterocycles. The summed E-state index contributed by atoms with van der Waals surface area (Å²) in [5, 5.41) is 17.9. The van der Waals surface area contributed by atoms with Crippen molar-refractivity contribution < 1.29 is 85.1 Å². The largest absolute Gasteiger partial charge is 1.00 e. The molecule has 0 amide bonds. The molecule has 12 nitrogen and oxygen atoms in total. The van der Waals surface area contributed by atoms with Gasteiger partial charge in [-0.05, 0) is 72.5 Å². The first-order valence-corrected chi connectivity index (χ1v) is 17.1. The first-order valence-electron chi connectivity index (χ1n) is 14.3. The molecule has 0 atom stereocenters. The Morgan fingerprint density at radius 2 is 0.800 bits per heavy atom. The Balaban J connectivity index is 0.00000281. The van der Waals surface area contributed by atoms with E-state index in [2.05, 4.69) is 20.5 Å². The monoisotopic (exact) mass is 724 g/mol. The molecule has 6 aromatic carbocycles. The summed E-state index contributed by atoms with van der Waals surface area (Å²) >= 11 is 0. The topological polar surface area (TPSA) is 216 Å². The van der Waals surface area contributed by atoms with E-state index < -0.39 is 30.0 Å². The Morgan fingerprint density at radius 3 is 1.12 bits per heavy atom. The van der Waals surface area contributed by atoms with Crippen LogP contribution in [0.4, 0.5) is 34.1 Å². The maximum atomic E-state index is 12.2. The van der Waals surface area contributed by atoms with Crippen LogP contribution in [-0.4, -0.2) is 25.9 Å². The van der Waals surface area contributed by atoms with Crippen molar-refractivity contribution >= 4 is 75.9 Å². The van der Waals surface area contributed by atoms with Crippen molar-refractivity contribution in [1.29, 1.82) is 0 Å². The Hall–Kier alpha value is -3.54. The van der Waals surface area contributed by atoms with Crippen LogP contribution in [0.15, 0.2) is 127 Å². The Labute approximate surface area is 332 Å². The molecule has 0 spiro atoms. The molecule has 4 N–H and O–H groups in total. The minimum absolute atomic E-state index is 0. The number of hydrogen-bond acceptors (Lipinski definition) is 12. The molecule has 0 aliphatic carbocycles. The first-order chi connectivity index (χ1) is 22.7.